The number of rotatable bonds is 3. The molecule has 0 spiro atoms. The van der Waals surface area contributed by atoms with Crippen LogP contribution in [0.2, 0.25) is 0 Å². The molecule has 0 amide bonds. The number of benzene rings is 1. The molecule has 1 aliphatic heterocycles. The minimum atomic E-state index is -0.472. The highest BCUT2D eigenvalue weighted by Gasteiger charge is 2.21. The molecule has 1 saturated heterocycles. The Kier molecular flexibility index (Phi) is 3.66. The first-order chi connectivity index (χ1) is 8.47. The van der Waals surface area contributed by atoms with E-state index in [4.69, 9.17) is 0 Å². The van der Waals surface area contributed by atoms with Crippen molar-refractivity contribution < 1.29 is 14.3 Å². The molecule has 0 aliphatic carbocycles. The van der Waals surface area contributed by atoms with Gasteiger partial charge in [0, 0.05) is 18.7 Å². The monoisotopic (exact) mass is 251 g/mol. The van der Waals surface area contributed by atoms with Gasteiger partial charge in [0.05, 0.1) is 5.56 Å². The molecule has 1 atom stereocenters. The number of phenols is 1. The molecule has 98 valence electrons. The van der Waals surface area contributed by atoms with Crippen molar-refractivity contribution in [3.8, 4) is 5.75 Å². The Labute approximate surface area is 106 Å². The molecule has 0 saturated carbocycles. The van der Waals surface area contributed by atoms with E-state index >= 15 is 0 Å². The van der Waals surface area contributed by atoms with E-state index in [9.17, 15) is 14.3 Å². The van der Waals surface area contributed by atoms with Gasteiger partial charge in [0.15, 0.2) is 5.78 Å². The van der Waals surface area contributed by atoms with Gasteiger partial charge in [0.1, 0.15) is 11.6 Å². The summed E-state index contributed by atoms with van der Waals surface area (Å²) in [6.07, 6.45) is 1.12. The summed E-state index contributed by atoms with van der Waals surface area (Å²) in [6, 6.07) is 2.40. The molecule has 1 aromatic rings. The van der Waals surface area contributed by atoms with Crippen molar-refractivity contribution in [2.45, 2.75) is 26.8 Å². The number of hydrogen-bond acceptors (Lipinski definition) is 3. The lowest BCUT2D eigenvalue weighted by molar-refractivity contribution is 0.101. The van der Waals surface area contributed by atoms with E-state index in [1.807, 2.05) is 0 Å². The number of ketones is 1. The van der Waals surface area contributed by atoms with E-state index < -0.39 is 5.82 Å². The van der Waals surface area contributed by atoms with Crippen LogP contribution in [-0.4, -0.2) is 28.9 Å². The van der Waals surface area contributed by atoms with Gasteiger partial charge < -0.3 is 5.11 Å². The minimum absolute atomic E-state index is 0.0669. The van der Waals surface area contributed by atoms with Gasteiger partial charge in [-0.15, -0.1) is 0 Å². The molecular formula is C14H18FNO2. The molecule has 3 nitrogen and oxygen atoms in total. The van der Waals surface area contributed by atoms with Crippen LogP contribution < -0.4 is 0 Å². The van der Waals surface area contributed by atoms with Crippen LogP contribution in [-0.2, 0) is 6.54 Å². The first-order valence-corrected chi connectivity index (χ1v) is 6.22. The van der Waals surface area contributed by atoms with Crippen LogP contribution >= 0.6 is 0 Å². The molecule has 0 radical (unpaired) electrons. The zero-order valence-corrected chi connectivity index (χ0v) is 10.7. The predicted molar refractivity (Wildman–Crippen MR) is 67.1 cm³/mol. The van der Waals surface area contributed by atoms with Gasteiger partial charge >= 0.3 is 0 Å². The van der Waals surface area contributed by atoms with Crippen LogP contribution in [0.15, 0.2) is 12.1 Å². The summed E-state index contributed by atoms with van der Waals surface area (Å²) >= 11 is 0. The number of carbonyl (C=O) groups is 1. The summed E-state index contributed by atoms with van der Waals surface area (Å²) in [7, 11) is 0. The van der Waals surface area contributed by atoms with Crippen LogP contribution in [0, 0.1) is 11.7 Å². The lowest BCUT2D eigenvalue weighted by Crippen LogP contribution is -2.20. The molecule has 1 heterocycles. The molecule has 1 aliphatic rings. The van der Waals surface area contributed by atoms with E-state index in [-0.39, 0.29) is 17.1 Å². The van der Waals surface area contributed by atoms with Gasteiger partial charge in [0.25, 0.3) is 0 Å². The summed E-state index contributed by atoms with van der Waals surface area (Å²) in [5.41, 5.74) is 0.562. The Hall–Kier alpha value is -1.42. The van der Waals surface area contributed by atoms with Crippen LogP contribution in [0.25, 0.3) is 0 Å². The molecule has 2 rings (SSSR count). The van der Waals surface area contributed by atoms with Crippen molar-refractivity contribution in [3.05, 3.63) is 29.1 Å². The summed E-state index contributed by atoms with van der Waals surface area (Å²) in [6.45, 7) is 5.90. The zero-order valence-electron chi connectivity index (χ0n) is 10.7. The second-order valence-corrected chi connectivity index (χ2v) is 5.15. The third-order valence-electron chi connectivity index (χ3n) is 3.43. The number of hydrogen-bond donors (Lipinski definition) is 1. The van der Waals surface area contributed by atoms with Crippen LogP contribution in [0.3, 0.4) is 0 Å². The van der Waals surface area contributed by atoms with Gasteiger partial charge in [-0.05, 0) is 37.9 Å². The molecular weight excluding hydrogens is 233 g/mol. The van der Waals surface area contributed by atoms with Gasteiger partial charge in [-0.25, -0.2) is 4.39 Å². The van der Waals surface area contributed by atoms with Crippen LogP contribution in [0.4, 0.5) is 4.39 Å². The fourth-order valence-corrected chi connectivity index (χ4v) is 2.46. The molecule has 0 bridgehead atoms. The van der Waals surface area contributed by atoms with Crippen molar-refractivity contribution in [1.29, 1.82) is 0 Å². The van der Waals surface area contributed by atoms with E-state index in [0.717, 1.165) is 25.6 Å². The maximum atomic E-state index is 13.4. The predicted octanol–water partition coefficient (Wildman–Crippen LogP) is 2.58. The Morgan fingerprint density at radius 1 is 1.56 bits per heavy atom. The number of Topliss-reactive ketones (excluding diaryl/α,β-unsaturated/α-hetero) is 1. The molecule has 1 fully saturated rings. The number of halogens is 1. The second kappa shape index (κ2) is 5.06. The average Bonchev–Trinajstić information content (AvgIpc) is 2.68. The molecule has 1 N–H and O–H groups in total. The Morgan fingerprint density at radius 3 is 2.83 bits per heavy atom. The molecule has 18 heavy (non-hydrogen) atoms. The number of aromatic hydroxyl groups is 1. The number of carbonyl (C=O) groups excluding carboxylic acids is 1. The van der Waals surface area contributed by atoms with Gasteiger partial charge in [-0.3, -0.25) is 9.69 Å². The summed E-state index contributed by atoms with van der Waals surface area (Å²) < 4.78 is 13.4. The summed E-state index contributed by atoms with van der Waals surface area (Å²) in [4.78, 5) is 13.5. The Morgan fingerprint density at radius 2 is 2.28 bits per heavy atom. The highest BCUT2D eigenvalue weighted by Crippen LogP contribution is 2.27. The van der Waals surface area contributed by atoms with E-state index in [0.29, 0.717) is 18.0 Å². The molecule has 4 heteroatoms. The van der Waals surface area contributed by atoms with E-state index in [1.54, 1.807) is 0 Å². The average molecular weight is 251 g/mol. The standard InChI is InChI=1S/C14H18FNO2/c1-9-3-4-16(7-9)8-11-5-12(15)6-13(10(2)17)14(11)18/h5-6,9,18H,3-4,7-8H2,1-2H3. The van der Waals surface area contributed by atoms with Crippen molar-refractivity contribution in [3.63, 3.8) is 0 Å². The zero-order chi connectivity index (χ0) is 13.3. The Bertz CT molecular complexity index is 473. The van der Waals surface area contributed by atoms with Gasteiger partial charge in [0.2, 0.25) is 0 Å². The topological polar surface area (TPSA) is 40.5 Å². The summed E-state index contributed by atoms with van der Waals surface area (Å²) in [5, 5.41) is 10.00. The lowest BCUT2D eigenvalue weighted by Gasteiger charge is -2.17. The van der Waals surface area contributed by atoms with Gasteiger partial charge in [-0.1, -0.05) is 6.92 Å². The fourth-order valence-electron chi connectivity index (χ4n) is 2.46. The van der Waals surface area contributed by atoms with Crippen molar-refractivity contribution in [2.75, 3.05) is 13.1 Å². The minimum Gasteiger partial charge on any atom is -0.507 e. The van der Waals surface area contributed by atoms with Crippen LogP contribution in [0.5, 0.6) is 5.75 Å². The maximum Gasteiger partial charge on any atom is 0.163 e. The molecule has 1 unspecified atom stereocenters. The largest absolute Gasteiger partial charge is 0.507 e. The van der Waals surface area contributed by atoms with Gasteiger partial charge in [-0.2, -0.15) is 0 Å². The first kappa shape index (κ1) is 13.0. The SMILES string of the molecule is CC(=O)c1cc(F)cc(CN2CCC(C)C2)c1O. The first-order valence-electron chi connectivity index (χ1n) is 6.22. The third-order valence-corrected chi connectivity index (χ3v) is 3.43. The number of phenolic OH excluding ortho intramolecular Hbond substituents is 1. The quantitative estimate of drug-likeness (QED) is 0.839. The van der Waals surface area contributed by atoms with E-state index in [2.05, 4.69) is 11.8 Å². The van der Waals surface area contributed by atoms with Crippen molar-refractivity contribution in [2.24, 2.45) is 5.92 Å². The second-order valence-electron chi connectivity index (χ2n) is 5.15. The maximum absolute atomic E-state index is 13.4. The highest BCUT2D eigenvalue weighted by molar-refractivity contribution is 5.97. The lowest BCUT2D eigenvalue weighted by atomic mass is 10.0. The Balaban J connectivity index is 2.24. The van der Waals surface area contributed by atoms with Crippen LogP contribution in [0.1, 0.15) is 36.2 Å². The molecule has 1 aromatic carbocycles. The third kappa shape index (κ3) is 2.70. The van der Waals surface area contributed by atoms with E-state index in [1.165, 1.54) is 13.0 Å². The number of likely N-dealkylation sites (tertiary alicyclic amines) is 1. The van der Waals surface area contributed by atoms with Crippen molar-refractivity contribution >= 4 is 5.78 Å². The normalized spacial score (nSPS) is 20.3. The van der Waals surface area contributed by atoms with Crippen molar-refractivity contribution in [1.82, 2.24) is 4.90 Å². The number of nitrogens with zero attached hydrogens (tertiary/aromatic N) is 1. The smallest absolute Gasteiger partial charge is 0.163 e. The molecule has 0 aromatic heterocycles. The fraction of sp³-hybridized carbons (Fsp3) is 0.500. The summed E-state index contributed by atoms with van der Waals surface area (Å²) in [5.74, 6) is -0.236. The highest BCUT2D eigenvalue weighted by atomic mass is 19.1.